The molecule has 0 heterocycles. The summed E-state index contributed by atoms with van der Waals surface area (Å²) < 4.78 is 0. The maximum atomic E-state index is 11.6. The third kappa shape index (κ3) is 1.81. The van der Waals surface area contributed by atoms with Gasteiger partial charge in [0.05, 0.1) is 0 Å². The molecule has 0 radical (unpaired) electrons. The van der Waals surface area contributed by atoms with Crippen LogP contribution in [0.4, 0.5) is 0 Å². The molecule has 0 saturated heterocycles. The number of hydrogen-bond acceptors (Lipinski definition) is 1. The first-order valence-electron chi connectivity index (χ1n) is 8.20. The van der Waals surface area contributed by atoms with Crippen LogP contribution in [0.15, 0.2) is 30.4 Å². The molecular weight excluding hydrogens is 258 g/mol. The minimum atomic E-state index is -0.307. The Morgan fingerprint density at radius 2 is 2.19 bits per heavy atom. The maximum Gasteiger partial charge on any atom is 0.248 e. The molecular formula is C19H23NO. The number of primary amides is 1. The molecule has 1 aromatic carbocycles. The normalized spacial score (nSPS) is 34.0. The van der Waals surface area contributed by atoms with E-state index < -0.39 is 0 Å². The van der Waals surface area contributed by atoms with E-state index in [1.807, 2.05) is 6.07 Å². The van der Waals surface area contributed by atoms with Crippen molar-refractivity contribution in [2.75, 3.05) is 0 Å². The van der Waals surface area contributed by atoms with Crippen LogP contribution in [0.3, 0.4) is 0 Å². The van der Waals surface area contributed by atoms with Gasteiger partial charge in [0.2, 0.25) is 5.91 Å². The first kappa shape index (κ1) is 13.1. The fraction of sp³-hybridized carbons (Fsp3) is 0.526. The number of nitrogens with two attached hydrogens (primary N) is 1. The molecule has 0 spiro atoms. The lowest BCUT2D eigenvalue weighted by Gasteiger charge is -2.56. The number of rotatable bonds is 1. The lowest BCUT2D eigenvalue weighted by atomic mass is 9.48. The van der Waals surface area contributed by atoms with E-state index in [1.54, 1.807) is 0 Å². The van der Waals surface area contributed by atoms with E-state index in [4.69, 9.17) is 5.73 Å². The van der Waals surface area contributed by atoms with Gasteiger partial charge in [-0.05, 0) is 73.6 Å². The molecule has 0 aliphatic heterocycles. The Balaban J connectivity index is 1.90. The van der Waals surface area contributed by atoms with Crippen LogP contribution in [-0.4, -0.2) is 5.91 Å². The van der Waals surface area contributed by atoms with E-state index >= 15 is 0 Å². The third-order valence-corrected chi connectivity index (χ3v) is 6.26. The van der Waals surface area contributed by atoms with Gasteiger partial charge in [0.1, 0.15) is 0 Å². The molecule has 2 heteroatoms. The Morgan fingerprint density at radius 1 is 1.33 bits per heavy atom. The maximum absolute atomic E-state index is 11.6. The average molecular weight is 281 g/mol. The summed E-state index contributed by atoms with van der Waals surface area (Å²) in [5.74, 6) is 1.31. The van der Waals surface area contributed by atoms with Crippen LogP contribution in [0, 0.1) is 11.8 Å². The van der Waals surface area contributed by atoms with Crippen LogP contribution in [0.1, 0.15) is 60.0 Å². The predicted octanol–water partition coefficient (Wildman–Crippen LogP) is 3.74. The number of amides is 1. The molecule has 2 saturated carbocycles. The molecule has 2 N–H and O–H groups in total. The van der Waals surface area contributed by atoms with Crippen molar-refractivity contribution in [2.45, 2.75) is 50.4 Å². The van der Waals surface area contributed by atoms with Crippen LogP contribution in [0.2, 0.25) is 0 Å². The molecule has 4 rings (SSSR count). The summed E-state index contributed by atoms with van der Waals surface area (Å²) in [5, 5.41) is 0. The zero-order valence-corrected chi connectivity index (χ0v) is 12.5. The summed E-state index contributed by atoms with van der Waals surface area (Å²) >= 11 is 0. The van der Waals surface area contributed by atoms with Gasteiger partial charge in [-0.2, -0.15) is 0 Å². The quantitative estimate of drug-likeness (QED) is 0.783. The Hall–Kier alpha value is -1.57. The molecule has 3 atom stereocenters. The summed E-state index contributed by atoms with van der Waals surface area (Å²) in [7, 11) is 0. The van der Waals surface area contributed by atoms with Gasteiger partial charge < -0.3 is 5.73 Å². The Kier molecular flexibility index (Phi) is 2.79. The molecule has 3 aliphatic rings. The minimum Gasteiger partial charge on any atom is -0.366 e. The van der Waals surface area contributed by atoms with Crippen molar-refractivity contribution in [3.63, 3.8) is 0 Å². The minimum absolute atomic E-state index is 0.247. The smallest absolute Gasteiger partial charge is 0.248 e. The molecule has 2 fully saturated rings. The molecule has 0 aromatic heterocycles. The van der Waals surface area contributed by atoms with E-state index in [0.29, 0.717) is 5.56 Å². The standard InChI is InChI=1S/C19H23NO/c1-12-4-7-16-13-3-2-8-19(16,11-12)17-10-15(18(20)21)6-5-14(17)9-13/h5-6,10,13,16H,1-4,7-9,11H2,(H2,20,21)/t13-,16?,19+/m1/s1. The van der Waals surface area contributed by atoms with Crippen LogP contribution in [0.25, 0.3) is 0 Å². The Morgan fingerprint density at radius 3 is 3.00 bits per heavy atom. The summed E-state index contributed by atoms with van der Waals surface area (Å²) in [6.07, 6.45) is 8.71. The van der Waals surface area contributed by atoms with Crippen molar-refractivity contribution in [1.82, 2.24) is 0 Å². The summed E-state index contributed by atoms with van der Waals surface area (Å²) in [5.41, 5.74) is 10.7. The van der Waals surface area contributed by atoms with E-state index in [9.17, 15) is 4.79 Å². The van der Waals surface area contributed by atoms with E-state index in [1.165, 1.54) is 55.2 Å². The summed E-state index contributed by atoms with van der Waals surface area (Å²) in [4.78, 5) is 11.6. The molecule has 110 valence electrons. The van der Waals surface area contributed by atoms with Gasteiger partial charge in [-0.3, -0.25) is 4.79 Å². The Bertz CT molecular complexity index is 632. The lowest BCUT2D eigenvalue weighted by Crippen LogP contribution is -2.49. The lowest BCUT2D eigenvalue weighted by molar-refractivity contribution is 0.0703. The van der Waals surface area contributed by atoms with E-state index in [-0.39, 0.29) is 11.3 Å². The second-order valence-corrected chi connectivity index (χ2v) is 7.32. The average Bonchev–Trinajstić information content (AvgIpc) is 2.46. The fourth-order valence-corrected chi connectivity index (χ4v) is 5.47. The van der Waals surface area contributed by atoms with Crippen molar-refractivity contribution >= 4 is 5.91 Å². The number of carbonyl (C=O) groups excluding carboxylic acids is 1. The van der Waals surface area contributed by atoms with Crippen molar-refractivity contribution in [2.24, 2.45) is 17.6 Å². The van der Waals surface area contributed by atoms with Crippen molar-refractivity contribution in [3.8, 4) is 0 Å². The molecule has 1 amide bonds. The first-order valence-corrected chi connectivity index (χ1v) is 8.20. The van der Waals surface area contributed by atoms with Crippen molar-refractivity contribution in [3.05, 3.63) is 47.0 Å². The largest absolute Gasteiger partial charge is 0.366 e. The highest BCUT2D eigenvalue weighted by molar-refractivity contribution is 5.93. The summed E-state index contributed by atoms with van der Waals surface area (Å²) in [6, 6.07) is 6.17. The fourth-order valence-electron chi connectivity index (χ4n) is 5.47. The predicted molar refractivity (Wildman–Crippen MR) is 84.2 cm³/mol. The van der Waals surface area contributed by atoms with Gasteiger partial charge in [-0.1, -0.05) is 24.6 Å². The number of fused-ring (bicyclic) bond motifs is 1. The molecule has 1 unspecified atom stereocenters. The number of carbonyl (C=O) groups is 1. The van der Waals surface area contributed by atoms with Crippen LogP contribution >= 0.6 is 0 Å². The van der Waals surface area contributed by atoms with Gasteiger partial charge in [-0.15, -0.1) is 0 Å². The number of benzene rings is 1. The number of hydrogen-bond donors (Lipinski definition) is 1. The topological polar surface area (TPSA) is 43.1 Å². The van der Waals surface area contributed by atoms with Gasteiger partial charge in [0.25, 0.3) is 0 Å². The highest BCUT2D eigenvalue weighted by Crippen LogP contribution is 2.59. The van der Waals surface area contributed by atoms with Crippen molar-refractivity contribution in [1.29, 1.82) is 0 Å². The van der Waals surface area contributed by atoms with Gasteiger partial charge in [-0.25, -0.2) is 0 Å². The Labute approximate surface area is 126 Å². The zero-order valence-electron chi connectivity index (χ0n) is 12.5. The molecule has 1 aromatic rings. The summed E-state index contributed by atoms with van der Waals surface area (Å²) in [6.45, 7) is 4.29. The number of allylic oxidation sites excluding steroid dienone is 1. The van der Waals surface area contributed by atoms with Crippen LogP contribution < -0.4 is 5.73 Å². The third-order valence-electron chi connectivity index (χ3n) is 6.26. The zero-order chi connectivity index (χ0) is 14.6. The molecule has 2 bridgehead atoms. The van der Waals surface area contributed by atoms with E-state index in [2.05, 4.69) is 18.7 Å². The van der Waals surface area contributed by atoms with Gasteiger partial charge >= 0.3 is 0 Å². The van der Waals surface area contributed by atoms with Crippen molar-refractivity contribution < 1.29 is 4.79 Å². The van der Waals surface area contributed by atoms with E-state index in [0.717, 1.165) is 18.3 Å². The molecule has 3 aliphatic carbocycles. The highest BCUT2D eigenvalue weighted by atomic mass is 16.1. The highest BCUT2D eigenvalue weighted by Gasteiger charge is 2.52. The molecule has 21 heavy (non-hydrogen) atoms. The monoisotopic (exact) mass is 281 g/mol. The molecule has 2 nitrogen and oxygen atoms in total. The van der Waals surface area contributed by atoms with Gasteiger partial charge in [0, 0.05) is 11.0 Å². The second kappa shape index (κ2) is 4.46. The van der Waals surface area contributed by atoms with Gasteiger partial charge in [0.15, 0.2) is 0 Å². The first-order chi connectivity index (χ1) is 10.1. The second-order valence-electron chi connectivity index (χ2n) is 7.32. The van der Waals surface area contributed by atoms with Crippen LogP contribution in [0.5, 0.6) is 0 Å². The van der Waals surface area contributed by atoms with Crippen LogP contribution in [-0.2, 0) is 11.8 Å². The SMILES string of the molecule is C=C1CCC2[C@@H]3CCC[C@@]2(C1)c1cc(C(N)=O)ccc1C3.